The molecule has 0 saturated heterocycles. The third-order valence-electron chi connectivity index (χ3n) is 4.05. The average molecular weight is 383 g/mol. The first-order valence-corrected chi connectivity index (χ1v) is 9.51. The molecule has 1 amide bonds. The van der Waals surface area contributed by atoms with Crippen molar-refractivity contribution in [3.63, 3.8) is 0 Å². The predicted octanol–water partition coefficient (Wildman–Crippen LogP) is 3.97. The van der Waals surface area contributed by atoms with Crippen LogP contribution in [-0.2, 0) is 4.79 Å². The molecule has 2 aromatic carbocycles. The number of aromatic nitrogens is 2. The van der Waals surface area contributed by atoms with Crippen LogP contribution in [0.5, 0.6) is 0 Å². The summed E-state index contributed by atoms with van der Waals surface area (Å²) in [5.41, 5.74) is 1.41. The van der Waals surface area contributed by atoms with E-state index in [-0.39, 0.29) is 17.3 Å². The van der Waals surface area contributed by atoms with Crippen molar-refractivity contribution < 1.29 is 9.18 Å². The maximum atomic E-state index is 13.1. The molecule has 1 N–H and O–H groups in total. The van der Waals surface area contributed by atoms with Gasteiger partial charge in [-0.2, -0.15) is 5.10 Å². The summed E-state index contributed by atoms with van der Waals surface area (Å²) in [5, 5.41) is 7.09. The molecule has 0 aliphatic heterocycles. The Balaban J connectivity index is 1.85. The van der Waals surface area contributed by atoms with E-state index in [1.807, 2.05) is 24.5 Å². The fraction of sp³-hybridized carbons (Fsp3) is 0.150. The number of carbonyl (C=O) groups is 1. The van der Waals surface area contributed by atoms with E-state index in [4.69, 9.17) is 0 Å². The van der Waals surface area contributed by atoms with Crippen LogP contribution in [0.3, 0.4) is 0 Å². The lowest BCUT2D eigenvalue weighted by Crippen LogP contribution is -2.33. The number of amides is 1. The van der Waals surface area contributed by atoms with Gasteiger partial charge in [0.1, 0.15) is 11.9 Å². The minimum atomic E-state index is -0.809. The van der Waals surface area contributed by atoms with Gasteiger partial charge in [-0.15, -0.1) is 11.8 Å². The van der Waals surface area contributed by atoms with Crippen LogP contribution in [0.4, 0.5) is 10.1 Å². The number of nitrogens with one attached hydrogen (secondary N) is 1. The van der Waals surface area contributed by atoms with Gasteiger partial charge in [0.05, 0.1) is 5.69 Å². The Hall–Kier alpha value is -2.93. The number of hydrogen-bond donors (Lipinski definition) is 1. The third kappa shape index (κ3) is 4.43. The van der Waals surface area contributed by atoms with Crippen LogP contribution in [0.25, 0.3) is 11.3 Å². The van der Waals surface area contributed by atoms with Crippen LogP contribution in [0, 0.1) is 5.82 Å². The number of hydrogen-bond acceptors (Lipinski definition) is 4. The second kappa shape index (κ2) is 8.18. The molecule has 0 aliphatic rings. The van der Waals surface area contributed by atoms with E-state index in [1.54, 1.807) is 43.0 Å². The van der Waals surface area contributed by atoms with E-state index in [1.165, 1.54) is 18.2 Å². The lowest BCUT2D eigenvalue weighted by Gasteiger charge is -2.15. The zero-order chi connectivity index (χ0) is 19.4. The first-order chi connectivity index (χ1) is 13.0. The van der Waals surface area contributed by atoms with E-state index in [0.717, 1.165) is 9.58 Å². The van der Waals surface area contributed by atoms with Crippen LogP contribution in [0.2, 0.25) is 0 Å². The molecule has 3 rings (SSSR count). The molecule has 0 saturated carbocycles. The standard InChI is InChI=1S/C20H18FN3O2S/c1-13(20(26)22-16-4-3-5-17(12-16)27-2)24-19(25)11-10-18(23-24)14-6-8-15(21)9-7-14/h3-13H,1-2H3,(H,22,26). The fourth-order valence-corrected chi connectivity index (χ4v) is 3.00. The maximum absolute atomic E-state index is 13.1. The first-order valence-electron chi connectivity index (χ1n) is 8.28. The number of carbonyl (C=O) groups excluding carboxylic acids is 1. The summed E-state index contributed by atoms with van der Waals surface area (Å²) < 4.78 is 14.2. The Morgan fingerprint density at radius 2 is 1.89 bits per heavy atom. The van der Waals surface area contributed by atoms with Crippen molar-refractivity contribution in [2.75, 3.05) is 11.6 Å². The Bertz CT molecular complexity index is 1020. The Morgan fingerprint density at radius 3 is 2.59 bits per heavy atom. The molecule has 1 aromatic heterocycles. The quantitative estimate of drug-likeness (QED) is 0.677. The minimum absolute atomic E-state index is 0.348. The summed E-state index contributed by atoms with van der Waals surface area (Å²) in [7, 11) is 0. The van der Waals surface area contributed by atoms with E-state index < -0.39 is 6.04 Å². The monoisotopic (exact) mass is 383 g/mol. The van der Waals surface area contributed by atoms with Crippen LogP contribution in [-0.4, -0.2) is 21.9 Å². The van der Waals surface area contributed by atoms with Gasteiger partial charge in [0.2, 0.25) is 5.91 Å². The van der Waals surface area contributed by atoms with E-state index >= 15 is 0 Å². The number of benzene rings is 2. The van der Waals surface area contributed by atoms with Crippen molar-refractivity contribution in [1.29, 1.82) is 0 Å². The molecule has 0 aliphatic carbocycles. The van der Waals surface area contributed by atoms with Crippen LogP contribution in [0.15, 0.2) is 70.4 Å². The van der Waals surface area contributed by atoms with Gasteiger partial charge in [-0.3, -0.25) is 9.59 Å². The molecule has 3 aromatic rings. The first kappa shape index (κ1) is 18.8. The molecule has 1 heterocycles. The molecule has 1 atom stereocenters. The van der Waals surface area contributed by atoms with Gasteiger partial charge in [-0.25, -0.2) is 9.07 Å². The van der Waals surface area contributed by atoms with Crippen LogP contribution in [0.1, 0.15) is 13.0 Å². The molecule has 27 heavy (non-hydrogen) atoms. The third-order valence-corrected chi connectivity index (χ3v) is 4.77. The van der Waals surface area contributed by atoms with E-state index in [9.17, 15) is 14.0 Å². The number of anilines is 1. The molecule has 1 unspecified atom stereocenters. The summed E-state index contributed by atoms with van der Waals surface area (Å²) in [5.74, 6) is -0.702. The molecular weight excluding hydrogens is 365 g/mol. The highest BCUT2D eigenvalue weighted by Gasteiger charge is 2.18. The Morgan fingerprint density at radius 1 is 1.15 bits per heavy atom. The van der Waals surface area contributed by atoms with Gasteiger partial charge in [-0.1, -0.05) is 6.07 Å². The lowest BCUT2D eigenvalue weighted by atomic mass is 10.1. The smallest absolute Gasteiger partial charge is 0.267 e. The summed E-state index contributed by atoms with van der Waals surface area (Å²) in [6.07, 6.45) is 1.95. The summed E-state index contributed by atoms with van der Waals surface area (Å²) in [6.45, 7) is 1.61. The van der Waals surface area contributed by atoms with Gasteiger partial charge < -0.3 is 5.32 Å². The zero-order valence-electron chi connectivity index (χ0n) is 14.8. The normalized spacial score (nSPS) is 11.8. The SMILES string of the molecule is CSc1cccc(NC(=O)C(C)n2nc(-c3ccc(F)cc3)ccc2=O)c1. The maximum Gasteiger partial charge on any atom is 0.267 e. The highest BCUT2D eigenvalue weighted by molar-refractivity contribution is 7.98. The van der Waals surface area contributed by atoms with Crippen molar-refractivity contribution in [3.05, 3.63) is 76.8 Å². The van der Waals surface area contributed by atoms with Crippen molar-refractivity contribution in [2.45, 2.75) is 17.9 Å². The van der Waals surface area contributed by atoms with Gasteiger partial charge in [-0.05, 0) is 61.7 Å². The van der Waals surface area contributed by atoms with Crippen LogP contribution < -0.4 is 10.9 Å². The van der Waals surface area contributed by atoms with Gasteiger partial charge in [0, 0.05) is 22.2 Å². The Labute approximate surface area is 160 Å². The number of nitrogens with zero attached hydrogens (tertiary/aromatic N) is 2. The summed E-state index contributed by atoms with van der Waals surface area (Å²) in [4.78, 5) is 25.8. The average Bonchev–Trinajstić information content (AvgIpc) is 2.68. The molecule has 0 radical (unpaired) electrons. The molecule has 138 valence electrons. The molecule has 0 spiro atoms. The predicted molar refractivity (Wildman–Crippen MR) is 105 cm³/mol. The molecule has 0 bridgehead atoms. The van der Waals surface area contributed by atoms with Gasteiger partial charge >= 0.3 is 0 Å². The number of halogens is 1. The topological polar surface area (TPSA) is 64.0 Å². The largest absolute Gasteiger partial charge is 0.324 e. The second-order valence-corrected chi connectivity index (χ2v) is 6.79. The lowest BCUT2D eigenvalue weighted by molar-refractivity contribution is -0.119. The molecule has 0 fully saturated rings. The second-order valence-electron chi connectivity index (χ2n) is 5.91. The Kier molecular flexibility index (Phi) is 5.71. The minimum Gasteiger partial charge on any atom is -0.324 e. The van der Waals surface area contributed by atoms with Crippen molar-refractivity contribution in [2.24, 2.45) is 0 Å². The van der Waals surface area contributed by atoms with Crippen LogP contribution >= 0.6 is 11.8 Å². The molecule has 7 heteroatoms. The van der Waals surface area contributed by atoms with Gasteiger partial charge in [0.15, 0.2) is 0 Å². The van der Waals surface area contributed by atoms with Crippen molar-refractivity contribution in [1.82, 2.24) is 9.78 Å². The van der Waals surface area contributed by atoms with Crippen molar-refractivity contribution in [3.8, 4) is 11.3 Å². The molecule has 5 nitrogen and oxygen atoms in total. The summed E-state index contributed by atoms with van der Waals surface area (Å²) >= 11 is 1.57. The highest BCUT2D eigenvalue weighted by Crippen LogP contribution is 2.20. The highest BCUT2D eigenvalue weighted by atomic mass is 32.2. The fourth-order valence-electron chi connectivity index (χ4n) is 2.54. The van der Waals surface area contributed by atoms with Crippen molar-refractivity contribution >= 4 is 23.4 Å². The number of thioether (sulfide) groups is 1. The summed E-state index contributed by atoms with van der Waals surface area (Å²) in [6, 6.07) is 15.3. The zero-order valence-corrected chi connectivity index (χ0v) is 15.7. The van der Waals surface area contributed by atoms with E-state index in [0.29, 0.717) is 16.9 Å². The van der Waals surface area contributed by atoms with E-state index in [2.05, 4.69) is 10.4 Å². The van der Waals surface area contributed by atoms with Gasteiger partial charge in [0.25, 0.3) is 5.56 Å². The number of rotatable bonds is 5. The molecular formula is C20H18FN3O2S.